The summed E-state index contributed by atoms with van der Waals surface area (Å²) < 4.78 is 28.9. The number of methoxy groups -OCH3 is 3. The number of benzene rings is 4. The second kappa shape index (κ2) is 10.6. The molecule has 0 atom stereocenters. The van der Waals surface area contributed by atoms with Crippen molar-refractivity contribution in [2.75, 3.05) is 52.5 Å². The minimum absolute atomic E-state index is 0.405. The highest BCUT2D eigenvalue weighted by Crippen LogP contribution is 2.50. The molecule has 0 bridgehead atoms. The van der Waals surface area contributed by atoms with Crippen molar-refractivity contribution in [2.45, 2.75) is 5.60 Å². The Kier molecular flexibility index (Phi) is 6.82. The average molecular weight is 538 g/mol. The van der Waals surface area contributed by atoms with Gasteiger partial charge in [0, 0.05) is 40.6 Å². The molecule has 0 radical (unpaired) electrons. The Bertz CT molecular complexity index is 1520. The molecule has 4 aromatic rings. The highest BCUT2D eigenvalue weighted by atomic mass is 16.5. The van der Waals surface area contributed by atoms with Gasteiger partial charge in [-0.2, -0.15) is 0 Å². The first-order valence-corrected chi connectivity index (χ1v) is 13.3. The summed E-state index contributed by atoms with van der Waals surface area (Å²) in [4.78, 5) is 15.6. The van der Waals surface area contributed by atoms with E-state index in [2.05, 4.69) is 4.90 Å². The van der Waals surface area contributed by atoms with Crippen LogP contribution in [0.5, 0.6) is 17.2 Å². The molecule has 0 aliphatic carbocycles. The van der Waals surface area contributed by atoms with Crippen LogP contribution in [0.1, 0.15) is 27.0 Å². The van der Waals surface area contributed by atoms with E-state index in [1.165, 1.54) is 7.11 Å². The molecule has 2 aliphatic heterocycles. The van der Waals surface area contributed by atoms with Gasteiger partial charge in [0.1, 0.15) is 17.2 Å². The molecule has 7 nitrogen and oxygen atoms in total. The van der Waals surface area contributed by atoms with Crippen LogP contribution in [-0.4, -0.2) is 53.6 Å². The molecular formula is C33H31NO6. The van der Waals surface area contributed by atoms with Crippen molar-refractivity contribution in [1.29, 1.82) is 0 Å². The Balaban J connectivity index is 1.62. The number of hydrogen-bond donors (Lipinski definition) is 0. The third kappa shape index (κ3) is 4.23. The van der Waals surface area contributed by atoms with Gasteiger partial charge in [-0.05, 0) is 36.4 Å². The quantitative estimate of drug-likeness (QED) is 0.287. The van der Waals surface area contributed by atoms with Gasteiger partial charge in [0.05, 0.1) is 45.8 Å². The van der Waals surface area contributed by atoms with Crippen molar-refractivity contribution >= 4 is 28.5 Å². The molecule has 2 heterocycles. The summed E-state index contributed by atoms with van der Waals surface area (Å²) in [6.07, 6.45) is 4.01. The zero-order valence-electron chi connectivity index (χ0n) is 22.8. The fraction of sp³-hybridized carbons (Fsp3) is 0.242. The van der Waals surface area contributed by atoms with Crippen LogP contribution in [0.2, 0.25) is 0 Å². The standard InChI is InChI=1S/C33H31NO6/c1-36-24-12-8-22(9-13-24)33(23-10-14-25(37-2)15-11-23)17-16-28-29(32(35)38-3)30(34-18-20-39-21-19-34)26-6-4-5-7-27(26)31(28)40-33/h4-17H,18-21H2,1-3H3. The van der Waals surface area contributed by atoms with E-state index in [1.807, 2.05) is 84.9 Å². The first-order valence-electron chi connectivity index (χ1n) is 13.3. The smallest absolute Gasteiger partial charge is 0.340 e. The molecule has 0 amide bonds. The molecule has 0 N–H and O–H groups in total. The number of carbonyl (C=O) groups is 1. The average Bonchev–Trinajstić information content (AvgIpc) is 3.04. The number of fused-ring (bicyclic) bond motifs is 3. The molecule has 2 aliphatic rings. The van der Waals surface area contributed by atoms with Gasteiger partial charge in [-0.25, -0.2) is 4.79 Å². The number of ether oxygens (including phenoxy) is 5. The molecule has 7 heteroatoms. The van der Waals surface area contributed by atoms with Gasteiger partial charge in [0.15, 0.2) is 5.60 Å². The monoisotopic (exact) mass is 537 g/mol. The number of nitrogens with zero attached hydrogens (tertiary/aromatic N) is 1. The topological polar surface area (TPSA) is 66.5 Å². The van der Waals surface area contributed by atoms with Gasteiger partial charge in [-0.15, -0.1) is 0 Å². The van der Waals surface area contributed by atoms with Gasteiger partial charge in [0.25, 0.3) is 0 Å². The van der Waals surface area contributed by atoms with E-state index in [0.717, 1.165) is 39.1 Å². The van der Waals surface area contributed by atoms with Crippen LogP contribution < -0.4 is 19.1 Å². The fourth-order valence-electron chi connectivity index (χ4n) is 5.65. The lowest BCUT2D eigenvalue weighted by Crippen LogP contribution is -2.38. The SMILES string of the molecule is COC(=O)c1c2c(c3ccccc3c1N1CCOCC1)OC(c1ccc(OC)cc1)(c1ccc(OC)cc1)C=C2. The van der Waals surface area contributed by atoms with Gasteiger partial charge in [-0.3, -0.25) is 0 Å². The summed E-state index contributed by atoms with van der Waals surface area (Å²) >= 11 is 0. The van der Waals surface area contributed by atoms with E-state index < -0.39 is 11.6 Å². The third-order valence-electron chi connectivity index (χ3n) is 7.68. The summed E-state index contributed by atoms with van der Waals surface area (Å²) in [6, 6.07) is 23.8. The maximum absolute atomic E-state index is 13.4. The predicted molar refractivity (Wildman–Crippen MR) is 155 cm³/mol. The summed E-state index contributed by atoms with van der Waals surface area (Å²) in [5, 5.41) is 1.85. The molecule has 1 saturated heterocycles. The Hall–Kier alpha value is -4.49. The first-order chi connectivity index (χ1) is 19.6. The van der Waals surface area contributed by atoms with Gasteiger partial charge >= 0.3 is 5.97 Å². The van der Waals surface area contributed by atoms with Crippen molar-refractivity contribution in [3.05, 3.63) is 101 Å². The van der Waals surface area contributed by atoms with Gasteiger partial charge in [-0.1, -0.05) is 48.5 Å². The van der Waals surface area contributed by atoms with E-state index in [9.17, 15) is 4.79 Å². The second-order valence-corrected chi connectivity index (χ2v) is 9.73. The van der Waals surface area contributed by atoms with Crippen molar-refractivity contribution in [3.8, 4) is 17.2 Å². The molecule has 204 valence electrons. The highest BCUT2D eigenvalue weighted by molar-refractivity contribution is 6.13. The minimum Gasteiger partial charge on any atom is -0.497 e. The number of carbonyl (C=O) groups excluding carboxylic acids is 1. The summed E-state index contributed by atoms with van der Waals surface area (Å²) in [5.41, 5.74) is 2.90. The lowest BCUT2D eigenvalue weighted by molar-refractivity contribution is 0.0598. The Morgan fingerprint density at radius 1 is 0.800 bits per heavy atom. The van der Waals surface area contributed by atoms with Gasteiger partial charge < -0.3 is 28.6 Å². The van der Waals surface area contributed by atoms with Crippen LogP contribution in [0.15, 0.2) is 78.9 Å². The molecule has 0 saturated carbocycles. The number of hydrogen-bond acceptors (Lipinski definition) is 7. The number of anilines is 1. The summed E-state index contributed by atoms with van der Waals surface area (Å²) in [7, 11) is 4.71. The maximum Gasteiger partial charge on any atom is 0.340 e. The maximum atomic E-state index is 13.4. The van der Waals surface area contributed by atoms with Crippen molar-refractivity contribution < 1.29 is 28.5 Å². The minimum atomic E-state index is -0.970. The molecule has 1 fully saturated rings. The predicted octanol–water partition coefficient (Wildman–Crippen LogP) is 5.83. The second-order valence-electron chi connectivity index (χ2n) is 9.73. The Morgan fingerprint density at radius 2 is 1.38 bits per heavy atom. The lowest BCUT2D eigenvalue weighted by Gasteiger charge is -2.39. The molecule has 6 rings (SSSR count). The molecule has 0 spiro atoms. The normalized spacial score (nSPS) is 15.7. The first kappa shape index (κ1) is 25.8. The van der Waals surface area contributed by atoms with E-state index >= 15 is 0 Å². The van der Waals surface area contributed by atoms with Crippen LogP contribution in [0.3, 0.4) is 0 Å². The Morgan fingerprint density at radius 3 is 1.93 bits per heavy atom. The van der Waals surface area contributed by atoms with Crippen molar-refractivity contribution in [3.63, 3.8) is 0 Å². The van der Waals surface area contributed by atoms with E-state index in [0.29, 0.717) is 43.2 Å². The number of rotatable bonds is 6. The molecule has 0 unspecified atom stereocenters. The third-order valence-corrected chi connectivity index (χ3v) is 7.68. The van der Waals surface area contributed by atoms with Crippen LogP contribution in [0.25, 0.3) is 16.8 Å². The van der Waals surface area contributed by atoms with Crippen LogP contribution in [0, 0.1) is 0 Å². The zero-order valence-corrected chi connectivity index (χ0v) is 22.8. The van der Waals surface area contributed by atoms with Crippen LogP contribution >= 0.6 is 0 Å². The summed E-state index contributed by atoms with van der Waals surface area (Å²) in [6.45, 7) is 2.55. The van der Waals surface area contributed by atoms with Crippen molar-refractivity contribution in [2.24, 2.45) is 0 Å². The van der Waals surface area contributed by atoms with E-state index in [4.69, 9.17) is 23.7 Å². The lowest BCUT2D eigenvalue weighted by atomic mass is 9.82. The highest BCUT2D eigenvalue weighted by Gasteiger charge is 2.40. The van der Waals surface area contributed by atoms with E-state index in [1.54, 1.807) is 14.2 Å². The zero-order chi connectivity index (χ0) is 27.7. The molecule has 40 heavy (non-hydrogen) atoms. The molecule has 4 aromatic carbocycles. The molecule has 0 aromatic heterocycles. The largest absolute Gasteiger partial charge is 0.497 e. The van der Waals surface area contributed by atoms with Crippen LogP contribution in [-0.2, 0) is 15.1 Å². The number of morpholine rings is 1. The summed E-state index contributed by atoms with van der Waals surface area (Å²) in [5.74, 6) is 1.73. The number of esters is 1. The van der Waals surface area contributed by atoms with E-state index in [-0.39, 0.29) is 0 Å². The fourth-order valence-corrected chi connectivity index (χ4v) is 5.65. The van der Waals surface area contributed by atoms with Gasteiger partial charge in [0.2, 0.25) is 0 Å². The van der Waals surface area contributed by atoms with Crippen molar-refractivity contribution in [1.82, 2.24) is 0 Å². The molecular weight excluding hydrogens is 506 g/mol. The van der Waals surface area contributed by atoms with Crippen LogP contribution in [0.4, 0.5) is 5.69 Å². The Labute approximate surface area is 233 Å².